The van der Waals surface area contributed by atoms with Crippen molar-refractivity contribution in [1.29, 1.82) is 0 Å². The van der Waals surface area contributed by atoms with Gasteiger partial charge in [0.2, 0.25) is 0 Å². The maximum atomic E-state index is 4.57. The van der Waals surface area contributed by atoms with Crippen molar-refractivity contribution in [3.63, 3.8) is 0 Å². The molecule has 1 aromatic carbocycles. The molecule has 1 aromatic heterocycles. The molecule has 18 heavy (non-hydrogen) atoms. The number of aromatic nitrogens is 1. The van der Waals surface area contributed by atoms with Crippen LogP contribution in [-0.4, -0.2) is 25.1 Å². The first-order valence-electron chi connectivity index (χ1n) is 6.47. The number of rotatable bonds is 5. The quantitative estimate of drug-likeness (QED) is 0.793. The minimum Gasteiger partial charge on any atom is -0.384 e. The van der Waals surface area contributed by atoms with E-state index < -0.39 is 0 Å². The van der Waals surface area contributed by atoms with Gasteiger partial charge in [0.25, 0.3) is 0 Å². The largest absolute Gasteiger partial charge is 0.384 e. The first kappa shape index (κ1) is 12.8. The third-order valence-electron chi connectivity index (χ3n) is 3.01. The molecule has 96 valence electrons. The minimum absolute atomic E-state index is 0.979. The van der Waals surface area contributed by atoms with Gasteiger partial charge in [-0.25, -0.2) is 0 Å². The van der Waals surface area contributed by atoms with E-state index in [1.807, 2.05) is 14.0 Å². The highest BCUT2D eigenvalue weighted by atomic mass is 14.9. The Bertz CT molecular complexity index is 534. The van der Waals surface area contributed by atoms with Gasteiger partial charge in [-0.2, -0.15) is 0 Å². The van der Waals surface area contributed by atoms with E-state index in [4.69, 9.17) is 0 Å². The number of pyridine rings is 1. The molecule has 0 radical (unpaired) electrons. The number of hydrogen-bond acceptors (Lipinski definition) is 3. The lowest BCUT2D eigenvalue weighted by Gasteiger charge is -2.11. The van der Waals surface area contributed by atoms with E-state index in [2.05, 4.69) is 46.8 Å². The molecule has 2 rings (SSSR count). The van der Waals surface area contributed by atoms with Gasteiger partial charge in [0, 0.05) is 23.3 Å². The smallest absolute Gasteiger partial charge is 0.0726 e. The summed E-state index contributed by atoms with van der Waals surface area (Å²) in [7, 11) is 1.98. The molecular formula is C15H21N3. The van der Waals surface area contributed by atoms with Gasteiger partial charge in [-0.3, -0.25) is 4.98 Å². The number of benzene rings is 1. The van der Waals surface area contributed by atoms with Gasteiger partial charge in [0.15, 0.2) is 0 Å². The summed E-state index contributed by atoms with van der Waals surface area (Å²) in [6.07, 6.45) is 1.12. The van der Waals surface area contributed by atoms with Gasteiger partial charge in [-0.15, -0.1) is 0 Å². The molecule has 0 saturated carbocycles. The Morgan fingerprint density at radius 1 is 1.11 bits per heavy atom. The second kappa shape index (κ2) is 5.83. The number of nitrogens with one attached hydrogen (secondary N) is 2. The van der Waals surface area contributed by atoms with Crippen LogP contribution in [0.5, 0.6) is 0 Å². The molecule has 0 amide bonds. The molecule has 0 bridgehead atoms. The summed E-state index contributed by atoms with van der Waals surface area (Å²) in [6.45, 7) is 6.17. The van der Waals surface area contributed by atoms with Crippen molar-refractivity contribution in [1.82, 2.24) is 10.3 Å². The molecule has 3 nitrogen and oxygen atoms in total. The number of hydrogen-bond donors (Lipinski definition) is 2. The van der Waals surface area contributed by atoms with Crippen molar-refractivity contribution in [2.24, 2.45) is 0 Å². The van der Waals surface area contributed by atoms with Crippen LogP contribution in [0.15, 0.2) is 24.3 Å². The molecule has 0 saturated heterocycles. The van der Waals surface area contributed by atoms with Gasteiger partial charge >= 0.3 is 0 Å². The van der Waals surface area contributed by atoms with E-state index in [0.717, 1.165) is 30.7 Å². The first-order chi connectivity index (χ1) is 8.70. The Balaban J connectivity index is 2.27. The fraction of sp³-hybridized carbons (Fsp3) is 0.400. The van der Waals surface area contributed by atoms with Gasteiger partial charge < -0.3 is 10.6 Å². The fourth-order valence-electron chi connectivity index (χ4n) is 2.11. The van der Waals surface area contributed by atoms with E-state index in [-0.39, 0.29) is 0 Å². The topological polar surface area (TPSA) is 37.0 Å². The average Bonchev–Trinajstić information content (AvgIpc) is 2.35. The van der Waals surface area contributed by atoms with E-state index in [9.17, 15) is 0 Å². The maximum Gasteiger partial charge on any atom is 0.0726 e. The van der Waals surface area contributed by atoms with E-state index >= 15 is 0 Å². The Hall–Kier alpha value is -1.61. The summed E-state index contributed by atoms with van der Waals surface area (Å²) in [5.41, 5.74) is 4.59. The van der Waals surface area contributed by atoms with E-state index in [0.29, 0.717) is 0 Å². The summed E-state index contributed by atoms with van der Waals surface area (Å²) in [5, 5.41) is 7.88. The second-order valence-electron chi connectivity index (χ2n) is 4.72. The standard InChI is InChI=1S/C15H21N3/c1-11-5-6-14-13(9-11)15(10-12(2)18-14)17-8-4-7-16-3/h5-6,9-10,16H,4,7-8H2,1-3H3,(H,17,18). The zero-order valence-electron chi connectivity index (χ0n) is 11.4. The molecular weight excluding hydrogens is 222 g/mol. The number of fused-ring (bicyclic) bond motifs is 1. The van der Waals surface area contributed by atoms with Crippen LogP contribution in [-0.2, 0) is 0 Å². The fourth-order valence-corrected chi connectivity index (χ4v) is 2.11. The average molecular weight is 243 g/mol. The van der Waals surface area contributed by atoms with Crippen LogP contribution >= 0.6 is 0 Å². The molecule has 2 aromatic rings. The molecule has 0 unspecified atom stereocenters. The highest BCUT2D eigenvalue weighted by Crippen LogP contribution is 2.24. The zero-order chi connectivity index (χ0) is 13.0. The van der Waals surface area contributed by atoms with Crippen LogP contribution in [0.2, 0.25) is 0 Å². The van der Waals surface area contributed by atoms with Crippen molar-refractivity contribution < 1.29 is 0 Å². The van der Waals surface area contributed by atoms with Crippen LogP contribution < -0.4 is 10.6 Å². The third kappa shape index (κ3) is 2.99. The number of aryl methyl sites for hydroxylation is 2. The summed E-state index contributed by atoms with van der Waals surface area (Å²) in [4.78, 5) is 4.57. The van der Waals surface area contributed by atoms with Gasteiger partial charge in [0.1, 0.15) is 0 Å². The Morgan fingerprint density at radius 2 is 1.94 bits per heavy atom. The predicted octanol–water partition coefficient (Wildman–Crippen LogP) is 2.87. The second-order valence-corrected chi connectivity index (χ2v) is 4.72. The summed E-state index contributed by atoms with van der Waals surface area (Å²) < 4.78 is 0. The lowest BCUT2D eigenvalue weighted by molar-refractivity contribution is 0.748. The summed E-state index contributed by atoms with van der Waals surface area (Å²) >= 11 is 0. The van der Waals surface area contributed by atoms with Crippen molar-refractivity contribution in [2.45, 2.75) is 20.3 Å². The van der Waals surface area contributed by atoms with Crippen LogP contribution in [0, 0.1) is 13.8 Å². The van der Waals surface area contributed by atoms with E-state index in [1.165, 1.54) is 16.6 Å². The molecule has 0 spiro atoms. The van der Waals surface area contributed by atoms with Crippen LogP contribution in [0.4, 0.5) is 5.69 Å². The molecule has 0 atom stereocenters. The lowest BCUT2D eigenvalue weighted by atomic mass is 10.1. The van der Waals surface area contributed by atoms with Crippen molar-refractivity contribution in [2.75, 3.05) is 25.5 Å². The van der Waals surface area contributed by atoms with Crippen molar-refractivity contribution >= 4 is 16.6 Å². The summed E-state index contributed by atoms with van der Waals surface area (Å²) in [6, 6.07) is 8.53. The van der Waals surface area contributed by atoms with Gasteiger partial charge in [-0.05, 0) is 52.1 Å². The van der Waals surface area contributed by atoms with Gasteiger partial charge in [0.05, 0.1) is 5.52 Å². The lowest BCUT2D eigenvalue weighted by Crippen LogP contribution is -2.13. The molecule has 2 N–H and O–H groups in total. The van der Waals surface area contributed by atoms with Crippen LogP contribution in [0.1, 0.15) is 17.7 Å². The van der Waals surface area contributed by atoms with Crippen LogP contribution in [0.3, 0.4) is 0 Å². The van der Waals surface area contributed by atoms with Crippen molar-refractivity contribution in [3.05, 3.63) is 35.5 Å². The molecule has 0 fully saturated rings. The van der Waals surface area contributed by atoms with E-state index in [1.54, 1.807) is 0 Å². The third-order valence-corrected chi connectivity index (χ3v) is 3.01. The van der Waals surface area contributed by atoms with Gasteiger partial charge in [-0.1, -0.05) is 11.6 Å². The van der Waals surface area contributed by atoms with Crippen LogP contribution in [0.25, 0.3) is 10.9 Å². The highest BCUT2D eigenvalue weighted by molar-refractivity contribution is 5.91. The SMILES string of the molecule is CNCCCNc1cc(C)nc2ccc(C)cc12. The molecule has 3 heteroatoms. The first-order valence-corrected chi connectivity index (χ1v) is 6.47. The zero-order valence-corrected chi connectivity index (χ0v) is 11.4. The molecule has 0 aliphatic rings. The molecule has 0 aliphatic carbocycles. The monoisotopic (exact) mass is 243 g/mol. The number of anilines is 1. The molecule has 0 aliphatic heterocycles. The highest BCUT2D eigenvalue weighted by Gasteiger charge is 2.03. The van der Waals surface area contributed by atoms with Crippen molar-refractivity contribution in [3.8, 4) is 0 Å². The predicted molar refractivity (Wildman–Crippen MR) is 78.3 cm³/mol. The normalized spacial score (nSPS) is 10.8. The Kier molecular flexibility index (Phi) is 4.15. The maximum absolute atomic E-state index is 4.57. The number of nitrogens with zero attached hydrogens (tertiary/aromatic N) is 1. The molecule has 1 heterocycles. The Labute approximate surface area is 109 Å². The minimum atomic E-state index is 0.979. The Morgan fingerprint density at radius 3 is 2.72 bits per heavy atom. The summed E-state index contributed by atoms with van der Waals surface area (Å²) in [5.74, 6) is 0.